The molecule has 0 aliphatic heterocycles. The van der Waals surface area contributed by atoms with Gasteiger partial charge in [0.2, 0.25) is 0 Å². The van der Waals surface area contributed by atoms with Gasteiger partial charge in [0.25, 0.3) is 0 Å². The first-order valence-corrected chi connectivity index (χ1v) is 6.81. The third kappa shape index (κ3) is 2.48. The highest BCUT2D eigenvalue weighted by Crippen LogP contribution is 2.25. The van der Waals surface area contributed by atoms with Crippen molar-refractivity contribution in [3.63, 3.8) is 0 Å². The summed E-state index contributed by atoms with van der Waals surface area (Å²) in [5.74, 6) is 0. The Kier molecular flexibility index (Phi) is 3.24. The standard InChI is InChI=1S/C13H13N5S/c1-10(13-6-14-9-19-13)17-11-4-2-3-5-12(11)18-8-15-7-16-18/h2-10,17H,1H3. The molecule has 96 valence electrons. The Bertz CT molecular complexity index is 633. The first-order valence-electron chi connectivity index (χ1n) is 5.93. The lowest BCUT2D eigenvalue weighted by atomic mass is 10.2. The molecule has 1 N–H and O–H groups in total. The van der Waals surface area contributed by atoms with Crippen molar-refractivity contribution >= 4 is 17.0 Å². The van der Waals surface area contributed by atoms with Gasteiger partial charge in [0.1, 0.15) is 12.7 Å². The predicted molar refractivity (Wildman–Crippen MR) is 75.5 cm³/mol. The smallest absolute Gasteiger partial charge is 0.138 e. The number of hydrogen-bond acceptors (Lipinski definition) is 5. The van der Waals surface area contributed by atoms with Crippen LogP contribution in [0.5, 0.6) is 0 Å². The van der Waals surface area contributed by atoms with E-state index < -0.39 is 0 Å². The molecule has 1 unspecified atom stereocenters. The van der Waals surface area contributed by atoms with Gasteiger partial charge in [0, 0.05) is 11.1 Å². The van der Waals surface area contributed by atoms with Gasteiger partial charge in [-0.2, -0.15) is 5.10 Å². The second-order valence-electron chi connectivity index (χ2n) is 4.13. The van der Waals surface area contributed by atoms with Crippen LogP contribution in [0.1, 0.15) is 17.8 Å². The summed E-state index contributed by atoms with van der Waals surface area (Å²) in [5, 5.41) is 7.66. The number of nitrogens with one attached hydrogen (secondary N) is 1. The van der Waals surface area contributed by atoms with Crippen LogP contribution in [0.4, 0.5) is 5.69 Å². The fourth-order valence-corrected chi connectivity index (χ4v) is 2.50. The minimum Gasteiger partial charge on any atom is -0.376 e. The quantitative estimate of drug-likeness (QED) is 0.792. The molecule has 2 heterocycles. The Morgan fingerprint density at radius 2 is 2.16 bits per heavy atom. The minimum atomic E-state index is 0.206. The monoisotopic (exact) mass is 271 g/mol. The molecule has 2 aromatic heterocycles. The molecular formula is C13H13N5S. The van der Waals surface area contributed by atoms with Gasteiger partial charge >= 0.3 is 0 Å². The van der Waals surface area contributed by atoms with E-state index >= 15 is 0 Å². The van der Waals surface area contributed by atoms with Gasteiger partial charge in [-0.1, -0.05) is 12.1 Å². The summed E-state index contributed by atoms with van der Waals surface area (Å²) in [7, 11) is 0. The van der Waals surface area contributed by atoms with Gasteiger partial charge in [0.05, 0.1) is 22.9 Å². The first-order chi connectivity index (χ1) is 9.34. The molecule has 0 bridgehead atoms. The van der Waals surface area contributed by atoms with Crippen LogP contribution in [-0.4, -0.2) is 19.7 Å². The van der Waals surface area contributed by atoms with Gasteiger partial charge in [-0.25, -0.2) is 9.67 Å². The molecule has 3 aromatic rings. The second kappa shape index (κ2) is 5.19. The topological polar surface area (TPSA) is 55.6 Å². The number of rotatable bonds is 4. The molecular weight excluding hydrogens is 258 g/mol. The molecule has 5 nitrogen and oxygen atoms in total. The minimum absolute atomic E-state index is 0.206. The Balaban J connectivity index is 1.89. The maximum atomic E-state index is 4.17. The number of hydrogen-bond donors (Lipinski definition) is 1. The molecule has 6 heteroatoms. The predicted octanol–water partition coefficient (Wildman–Crippen LogP) is 2.90. The lowest BCUT2D eigenvalue weighted by Crippen LogP contribution is -2.08. The van der Waals surface area contributed by atoms with Crippen LogP contribution in [0.15, 0.2) is 48.6 Å². The van der Waals surface area contributed by atoms with Crippen molar-refractivity contribution < 1.29 is 0 Å². The molecule has 19 heavy (non-hydrogen) atoms. The van der Waals surface area contributed by atoms with Crippen molar-refractivity contribution in [2.45, 2.75) is 13.0 Å². The number of para-hydroxylation sites is 2. The lowest BCUT2D eigenvalue weighted by Gasteiger charge is -2.16. The van der Waals surface area contributed by atoms with Crippen LogP contribution in [0.25, 0.3) is 5.69 Å². The second-order valence-corrected chi connectivity index (χ2v) is 5.04. The van der Waals surface area contributed by atoms with Crippen molar-refractivity contribution in [2.24, 2.45) is 0 Å². The summed E-state index contributed by atoms with van der Waals surface area (Å²) < 4.78 is 1.75. The Morgan fingerprint density at radius 1 is 1.26 bits per heavy atom. The van der Waals surface area contributed by atoms with E-state index in [1.165, 1.54) is 11.2 Å². The Labute approximate surface area is 115 Å². The van der Waals surface area contributed by atoms with Gasteiger partial charge in [-0.05, 0) is 19.1 Å². The van der Waals surface area contributed by atoms with Crippen molar-refractivity contribution in [1.29, 1.82) is 0 Å². The molecule has 0 fully saturated rings. The van der Waals surface area contributed by atoms with E-state index in [0.29, 0.717) is 0 Å². The maximum Gasteiger partial charge on any atom is 0.138 e. The zero-order valence-corrected chi connectivity index (χ0v) is 11.2. The average molecular weight is 271 g/mol. The van der Waals surface area contributed by atoms with Crippen LogP contribution >= 0.6 is 11.3 Å². The van der Waals surface area contributed by atoms with E-state index in [1.54, 1.807) is 22.3 Å². The van der Waals surface area contributed by atoms with Crippen molar-refractivity contribution in [1.82, 2.24) is 19.7 Å². The highest BCUT2D eigenvalue weighted by Gasteiger charge is 2.10. The molecule has 0 aliphatic rings. The van der Waals surface area contributed by atoms with E-state index in [1.807, 2.05) is 36.0 Å². The molecule has 0 saturated heterocycles. The summed E-state index contributed by atoms with van der Waals surface area (Å²) >= 11 is 1.65. The molecule has 0 aliphatic carbocycles. The maximum absolute atomic E-state index is 4.17. The summed E-state index contributed by atoms with van der Waals surface area (Å²) in [6, 6.07) is 8.24. The molecule has 3 rings (SSSR count). The van der Waals surface area contributed by atoms with Gasteiger partial charge in [-0.15, -0.1) is 11.3 Å². The number of thiazole rings is 1. The van der Waals surface area contributed by atoms with Crippen molar-refractivity contribution in [3.8, 4) is 5.69 Å². The van der Waals surface area contributed by atoms with Crippen LogP contribution in [0.2, 0.25) is 0 Å². The molecule has 1 atom stereocenters. The third-order valence-electron chi connectivity index (χ3n) is 2.82. The molecule has 0 saturated carbocycles. The van der Waals surface area contributed by atoms with E-state index in [4.69, 9.17) is 0 Å². The molecule has 0 amide bonds. The highest BCUT2D eigenvalue weighted by atomic mass is 32.1. The molecule has 0 radical (unpaired) electrons. The zero-order valence-electron chi connectivity index (χ0n) is 10.4. The van der Waals surface area contributed by atoms with E-state index in [2.05, 4.69) is 27.3 Å². The Hall–Kier alpha value is -2.21. The molecule has 1 aromatic carbocycles. The van der Waals surface area contributed by atoms with Gasteiger partial charge in [-0.3, -0.25) is 4.98 Å². The molecule has 0 spiro atoms. The average Bonchev–Trinajstić information content (AvgIpc) is 3.13. The van der Waals surface area contributed by atoms with Crippen LogP contribution in [-0.2, 0) is 0 Å². The normalized spacial score (nSPS) is 12.3. The van der Waals surface area contributed by atoms with Gasteiger partial charge < -0.3 is 5.32 Å². The van der Waals surface area contributed by atoms with E-state index in [0.717, 1.165) is 11.4 Å². The summed E-state index contributed by atoms with van der Waals surface area (Å²) in [4.78, 5) is 9.30. The largest absolute Gasteiger partial charge is 0.376 e. The fraction of sp³-hybridized carbons (Fsp3) is 0.154. The fourth-order valence-electron chi connectivity index (χ4n) is 1.87. The number of benzene rings is 1. The van der Waals surface area contributed by atoms with E-state index in [-0.39, 0.29) is 6.04 Å². The van der Waals surface area contributed by atoms with Gasteiger partial charge in [0.15, 0.2) is 0 Å². The lowest BCUT2D eigenvalue weighted by molar-refractivity contribution is 0.859. The summed E-state index contributed by atoms with van der Waals surface area (Å²) in [5.41, 5.74) is 3.85. The van der Waals surface area contributed by atoms with Crippen LogP contribution < -0.4 is 5.32 Å². The van der Waals surface area contributed by atoms with Crippen molar-refractivity contribution in [3.05, 3.63) is 53.5 Å². The Morgan fingerprint density at radius 3 is 2.89 bits per heavy atom. The summed E-state index contributed by atoms with van der Waals surface area (Å²) in [6.07, 6.45) is 5.11. The summed E-state index contributed by atoms with van der Waals surface area (Å²) in [6.45, 7) is 2.12. The first kappa shape index (κ1) is 11.9. The highest BCUT2D eigenvalue weighted by molar-refractivity contribution is 7.09. The SMILES string of the molecule is CC(Nc1ccccc1-n1cncn1)c1cncs1. The number of aromatic nitrogens is 4. The zero-order chi connectivity index (χ0) is 13.1. The number of nitrogens with zero attached hydrogens (tertiary/aromatic N) is 4. The van der Waals surface area contributed by atoms with Crippen LogP contribution in [0.3, 0.4) is 0 Å². The number of anilines is 1. The van der Waals surface area contributed by atoms with Crippen molar-refractivity contribution in [2.75, 3.05) is 5.32 Å². The van der Waals surface area contributed by atoms with Crippen LogP contribution in [0, 0.1) is 0 Å². The third-order valence-corrected chi connectivity index (χ3v) is 3.78. The van der Waals surface area contributed by atoms with E-state index in [9.17, 15) is 0 Å².